The molecule has 1 aromatic heterocycles. The van der Waals surface area contributed by atoms with Gasteiger partial charge in [0.05, 0.1) is 6.42 Å². The predicted octanol–water partition coefficient (Wildman–Crippen LogP) is 3.16. The number of halogens is 2. The smallest absolute Gasteiger partial charge is 0.310 e. The van der Waals surface area contributed by atoms with E-state index >= 15 is 0 Å². The van der Waals surface area contributed by atoms with Gasteiger partial charge in [0, 0.05) is 11.8 Å². The van der Waals surface area contributed by atoms with Crippen LogP contribution in [0.15, 0.2) is 42.6 Å². The van der Waals surface area contributed by atoms with Crippen molar-refractivity contribution in [1.82, 2.24) is 4.98 Å². The topological polar surface area (TPSA) is 39.2 Å². The molecule has 0 spiro atoms. The number of hydrogen-bond donors (Lipinski definition) is 0. The molecule has 0 N–H and O–H groups in total. The van der Waals surface area contributed by atoms with Gasteiger partial charge in [0.1, 0.15) is 17.6 Å². The Morgan fingerprint density at radius 1 is 1.16 bits per heavy atom. The Morgan fingerprint density at radius 2 is 1.84 bits per heavy atom. The Balaban J connectivity index is 1.84. The molecule has 19 heavy (non-hydrogen) atoms. The molecule has 0 bridgehead atoms. The Bertz CT molecular complexity index is 555. The van der Waals surface area contributed by atoms with E-state index in [1.54, 1.807) is 30.5 Å². The lowest BCUT2D eigenvalue weighted by Gasteiger charge is -2.05. The third-order valence-corrected chi connectivity index (χ3v) is 2.67. The van der Waals surface area contributed by atoms with Crippen molar-refractivity contribution in [2.45, 2.75) is 13.0 Å². The molecule has 2 rings (SSSR count). The van der Waals surface area contributed by atoms with Crippen molar-refractivity contribution >= 4 is 17.6 Å². The van der Waals surface area contributed by atoms with Gasteiger partial charge >= 0.3 is 5.97 Å². The molecule has 0 aliphatic heterocycles. The van der Waals surface area contributed by atoms with Gasteiger partial charge < -0.3 is 4.74 Å². The maximum absolute atomic E-state index is 12.7. The average molecular weight is 280 g/mol. The Kier molecular flexibility index (Phi) is 4.47. The minimum atomic E-state index is -0.374. The number of carbonyl (C=O) groups excluding carboxylic acids is 1. The first kappa shape index (κ1) is 13.5. The van der Waals surface area contributed by atoms with Crippen molar-refractivity contribution in [1.29, 1.82) is 0 Å². The average Bonchev–Trinajstić information content (AvgIpc) is 2.41. The van der Waals surface area contributed by atoms with Crippen LogP contribution in [0.2, 0.25) is 5.15 Å². The number of esters is 1. The summed E-state index contributed by atoms with van der Waals surface area (Å²) in [5.74, 6) is -0.703. The molecule has 0 unspecified atom stereocenters. The van der Waals surface area contributed by atoms with E-state index in [1.807, 2.05) is 0 Å². The maximum Gasteiger partial charge on any atom is 0.310 e. The molecule has 0 atom stereocenters. The van der Waals surface area contributed by atoms with Crippen LogP contribution in [-0.4, -0.2) is 11.0 Å². The zero-order valence-corrected chi connectivity index (χ0v) is 10.7. The first-order chi connectivity index (χ1) is 9.13. The SMILES string of the molecule is O=C(Cc1ccc(F)cc1)OCc1ccc(Cl)nc1. The second-order valence-corrected chi connectivity index (χ2v) is 4.34. The highest BCUT2D eigenvalue weighted by Crippen LogP contribution is 2.08. The molecule has 0 saturated heterocycles. The molecule has 0 amide bonds. The fourth-order valence-corrected chi connectivity index (χ4v) is 1.59. The van der Waals surface area contributed by atoms with Gasteiger partial charge in [-0.15, -0.1) is 0 Å². The van der Waals surface area contributed by atoms with E-state index in [2.05, 4.69) is 4.98 Å². The van der Waals surface area contributed by atoms with Gasteiger partial charge in [-0.2, -0.15) is 0 Å². The Hall–Kier alpha value is -1.94. The van der Waals surface area contributed by atoms with Crippen molar-refractivity contribution in [3.05, 3.63) is 64.7 Å². The highest BCUT2D eigenvalue weighted by atomic mass is 35.5. The van der Waals surface area contributed by atoms with E-state index < -0.39 is 0 Å². The van der Waals surface area contributed by atoms with Crippen LogP contribution in [-0.2, 0) is 22.6 Å². The van der Waals surface area contributed by atoms with E-state index in [4.69, 9.17) is 16.3 Å². The molecule has 98 valence electrons. The van der Waals surface area contributed by atoms with Gasteiger partial charge in [-0.3, -0.25) is 4.79 Å². The minimum absolute atomic E-state index is 0.112. The number of pyridine rings is 1. The summed E-state index contributed by atoms with van der Waals surface area (Å²) in [4.78, 5) is 15.5. The lowest BCUT2D eigenvalue weighted by Crippen LogP contribution is -2.08. The molecule has 2 aromatic rings. The van der Waals surface area contributed by atoms with Crippen molar-refractivity contribution in [3.63, 3.8) is 0 Å². The van der Waals surface area contributed by atoms with Crippen LogP contribution in [0.4, 0.5) is 4.39 Å². The molecule has 0 aliphatic carbocycles. The largest absolute Gasteiger partial charge is 0.460 e. The molecule has 1 heterocycles. The van der Waals surface area contributed by atoms with E-state index in [1.165, 1.54) is 12.1 Å². The number of ether oxygens (including phenoxy) is 1. The third kappa shape index (κ3) is 4.34. The molecule has 0 aliphatic rings. The highest BCUT2D eigenvalue weighted by Gasteiger charge is 2.05. The van der Waals surface area contributed by atoms with Crippen molar-refractivity contribution in [2.75, 3.05) is 0 Å². The standard InChI is InChI=1S/C14H11ClFNO2/c15-13-6-3-11(8-17-13)9-19-14(18)7-10-1-4-12(16)5-2-10/h1-6,8H,7,9H2. The van der Waals surface area contributed by atoms with E-state index in [0.29, 0.717) is 10.7 Å². The summed E-state index contributed by atoms with van der Waals surface area (Å²) in [6, 6.07) is 9.10. The van der Waals surface area contributed by atoms with Gasteiger partial charge in [-0.05, 0) is 23.8 Å². The van der Waals surface area contributed by atoms with Crippen LogP contribution in [0.25, 0.3) is 0 Å². The van der Waals surface area contributed by atoms with Gasteiger partial charge in [-0.25, -0.2) is 9.37 Å². The monoisotopic (exact) mass is 279 g/mol. The van der Waals surface area contributed by atoms with Gasteiger partial charge in [0.2, 0.25) is 0 Å². The van der Waals surface area contributed by atoms with Crippen LogP contribution in [0.3, 0.4) is 0 Å². The van der Waals surface area contributed by atoms with Crippen LogP contribution >= 0.6 is 11.6 Å². The number of aromatic nitrogens is 1. The zero-order valence-electron chi connectivity index (χ0n) is 9.98. The summed E-state index contributed by atoms with van der Waals surface area (Å²) in [5, 5.41) is 0.390. The van der Waals surface area contributed by atoms with Crippen LogP contribution in [0.5, 0.6) is 0 Å². The molecule has 0 saturated carbocycles. The summed E-state index contributed by atoms with van der Waals surface area (Å²) < 4.78 is 17.8. The third-order valence-electron chi connectivity index (χ3n) is 2.45. The van der Waals surface area contributed by atoms with Crippen LogP contribution in [0.1, 0.15) is 11.1 Å². The second kappa shape index (κ2) is 6.29. The summed E-state index contributed by atoms with van der Waals surface area (Å²) >= 11 is 5.64. The number of rotatable bonds is 4. The number of carbonyl (C=O) groups is 1. The van der Waals surface area contributed by atoms with Gasteiger partial charge in [-0.1, -0.05) is 29.8 Å². The number of benzene rings is 1. The Labute approximate surface area is 115 Å². The normalized spacial score (nSPS) is 10.2. The number of nitrogens with zero attached hydrogens (tertiary/aromatic N) is 1. The second-order valence-electron chi connectivity index (χ2n) is 3.95. The molecule has 0 fully saturated rings. The van der Waals surface area contributed by atoms with Crippen molar-refractivity contribution in [2.24, 2.45) is 0 Å². The predicted molar refractivity (Wildman–Crippen MR) is 69.1 cm³/mol. The van der Waals surface area contributed by atoms with E-state index in [-0.39, 0.29) is 24.8 Å². The molecule has 3 nitrogen and oxygen atoms in total. The fourth-order valence-electron chi connectivity index (χ4n) is 1.48. The fraction of sp³-hybridized carbons (Fsp3) is 0.143. The minimum Gasteiger partial charge on any atom is -0.460 e. The summed E-state index contributed by atoms with van der Waals surface area (Å²) in [5.41, 5.74) is 1.47. The zero-order chi connectivity index (χ0) is 13.7. The van der Waals surface area contributed by atoms with E-state index in [9.17, 15) is 9.18 Å². The molecule has 1 aromatic carbocycles. The van der Waals surface area contributed by atoms with Crippen LogP contribution < -0.4 is 0 Å². The lowest BCUT2D eigenvalue weighted by atomic mass is 10.1. The van der Waals surface area contributed by atoms with Crippen molar-refractivity contribution in [3.8, 4) is 0 Å². The van der Waals surface area contributed by atoms with Gasteiger partial charge in [0.15, 0.2) is 0 Å². The van der Waals surface area contributed by atoms with Crippen molar-refractivity contribution < 1.29 is 13.9 Å². The summed E-state index contributed by atoms with van der Waals surface area (Å²) in [6.07, 6.45) is 1.66. The summed E-state index contributed by atoms with van der Waals surface area (Å²) in [6.45, 7) is 0.143. The van der Waals surface area contributed by atoms with E-state index in [0.717, 1.165) is 5.56 Å². The van der Waals surface area contributed by atoms with Gasteiger partial charge in [0.25, 0.3) is 0 Å². The molecular weight excluding hydrogens is 269 g/mol. The Morgan fingerprint density at radius 3 is 2.47 bits per heavy atom. The highest BCUT2D eigenvalue weighted by molar-refractivity contribution is 6.29. The first-order valence-corrected chi connectivity index (χ1v) is 6.02. The lowest BCUT2D eigenvalue weighted by molar-refractivity contribution is -0.144. The number of hydrogen-bond acceptors (Lipinski definition) is 3. The quantitative estimate of drug-likeness (QED) is 0.637. The van der Waals surface area contributed by atoms with Crippen LogP contribution in [0, 0.1) is 5.82 Å². The molecular formula is C14H11ClFNO2. The summed E-state index contributed by atoms with van der Waals surface area (Å²) in [7, 11) is 0. The molecule has 0 radical (unpaired) electrons. The molecule has 5 heteroatoms. The first-order valence-electron chi connectivity index (χ1n) is 5.64. The maximum atomic E-state index is 12.7.